The van der Waals surface area contributed by atoms with Gasteiger partial charge in [0.15, 0.2) is 0 Å². The maximum Gasteiger partial charge on any atom is 0.0642 e. The van der Waals surface area contributed by atoms with Crippen LogP contribution in [0.3, 0.4) is 0 Å². The molecule has 2 aromatic heterocycles. The van der Waals surface area contributed by atoms with Gasteiger partial charge < -0.3 is 9.88 Å². The second kappa shape index (κ2) is 5.40. The van der Waals surface area contributed by atoms with Crippen LogP contribution in [0.4, 0.5) is 0 Å². The number of nitrogens with one attached hydrogen (secondary N) is 1. The summed E-state index contributed by atoms with van der Waals surface area (Å²) in [6, 6.07) is 4.35. The second-order valence-electron chi connectivity index (χ2n) is 4.68. The maximum atomic E-state index is 4.49. The van der Waals surface area contributed by atoms with E-state index in [9.17, 15) is 0 Å². The first-order valence-corrected chi connectivity index (χ1v) is 6.48. The summed E-state index contributed by atoms with van der Waals surface area (Å²) in [5, 5.41) is 7.69. The van der Waals surface area contributed by atoms with Crippen molar-refractivity contribution in [2.75, 3.05) is 7.05 Å². The molecule has 0 amide bonds. The average Bonchev–Trinajstić information content (AvgIpc) is 2.87. The normalized spacial score (nSPS) is 11.1. The lowest BCUT2D eigenvalue weighted by atomic mass is 10.2. The molecule has 0 bridgehead atoms. The number of aryl methyl sites for hydroxylation is 2. The first-order valence-electron chi connectivity index (χ1n) is 6.48. The predicted octanol–water partition coefficient (Wildman–Crippen LogP) is 2.09. The fraction of sp³-hybridized carbons (Fsp3) is 0.500. The largest absolute Gasteiger partial charge is 0.345 e. The Morgan fingerprint density at radius 3 is 2.78 bits per heavy atom. The van der Waals surface area contributed by atoms with Crippen LogP contribution in [0.5, 0.6) is 0 Å². The summed E-state index contributed by atoms with van der Waals surface area (Å²) in [4.78, 5) is 0. The molecule has 1 N–H and O–H groups in total. The third-order valence-electron chi connectivity index (χ3n) is 3.34. The van der Waals surface area contributed by atoms with Crippen LogP contribution in [0.1, 0.15) is 29.6 Å². The molecular formula is C14H22N4. The SMILES string of the molecule is CCn1nc(C)cc1Cn1ccc(CNC)c1C. The van der Waals surface area contributed by atoms with Gasteiger partial charge in [0.1, 0.15) is 0 Å². The zero-order valence-corrected chi connectivity index (χ0v) is 11.7. The molecule has 0 atom stereocenters. The van der Waals surface area contributed by atoms with E-state index < -0.39 is 0 Å². The number of rotatable bonds is 5. The van der Waals surface area contributed by atoms with Gasteiger partial charge in [0.05, 0.1) is 17.9 Å². The minimum atomic E-state index is 0.893. The highest BCUT2D eigenvalue weighted by Gasteiger charge is 2.08. The number of aromatic nitrogens is 3. The Balaban J connectivity index is 2.23. The van der Waals surface area contributed by atoms with Crippen molar-refractivity contribution in [2.24, 2.45) is 0 Å². The van der Waals surface area contributed by atoms with Crippen molar-refractivity contribution in [2.45, 2.75) is 40.4 Å². The minimum absolute atomic E-state index is 0.893. The fourth-order valence-electron chi connectivity index (χ4n) is 2.32. The minimum Gasteiger partial charge on any atom is -0.345 e. The van der Waals surface area contributed by atoms with Gasteiger partial charge in [0.2, 0.25) is 0 Å². The molecule has 4 heteroatoms. The monoisotopic (exact) mass is 246 g/mol. The Morgan fingerprint density at radius 1 is 1.33 bits per heavy atom. The summed E-state index contributed by atoms with van der Waals surface area (Å²) in [6.07, 6.45) is 2.16. The van der Waals surface area contributed by atoms with Crippen LogP contribution in [0, 0.1) is 13.8 Å². The van der Waals surface area contributed by atoms with Crippen LogP contribution in [0.15, 0.2) is 18.3 Å². The highest BCUT2D eigenvalue weighted by Crippen LogP contribution is 2.13. The van der Waals surface area contributed by atoms with E-state index in [-0.39, 0.29) is 0 Å². The predicted molar refractivity (Wildman–Crippen MR) is 73.7 cm³/mol. The van der Waals surface area contributed by atoms with Gasteiger partial charge in [-0.05, 0) is 45.5 Å². The Labute approximate surface area is 109 Å². The summed E-state index contributed by atoms with van der Waals surface area (Å²) >= 11 is 0. The highest BCUT2D eigenvalue weighted by atomic mass is 15.3. The van der Waals surface area contributed by atoms with Gasteiger partial charge in [-0.1, -0.05) is 0 Å². The molecule has 98 valence electrons. The molecule has 4 nitrogen and oxygen atoms in total. The van der Waals surface area contributed by atoms with Gasteiger partial charge in [-0.3, -0.25) is 4.68 Å². The Kier molecular flexibility index (Phi) is 3.87. The van der Waals surface area contributed by atoms with Crippen LogP contribution >= 0.6 is 0 Å². The molecule has 0 aromatic carbocycles. The Bertz CT molecular complexity index is 522. The first kappa shape index (κ1) is 12.9. The number of nitrogens with zero attached hydrogens (tertiary/aromatic N) is 3. The Hall–Kier alpha value is -1.55. The lowest BCUT2D eigenvalue weighted by molar-refractivity contribution is 0.593. The highest BCUT2D eigenvalue weighted by molar-refractivity contribution is 5.22. The number of hydrogen-bond donors (Lipinski definition) is 1. The zero-order chi connectivity index (χ0) is 13.1. The van der Waals surface area contributed by atoms with Crippen molar-refractivity contribution in [3.05, 3.63) is 41.0 Å². The molecule has 0 aliphatic heterocycles. The van der Waals surface area contributed by atoms with Crippen LogP contribution < -0.4 is 5.32 Å². The van der Waals surface area contributed by atoms with Crippen LogP contribution in [-0.2, 0) is 19.6 Å². The second-order valence-corrected chi connectivity index (χ2v) is 4.68. The van der Waals surface area contributed by atoms with E-state index in [0.717, 1.165) is 25.3 Å². The molecule has 2 aromatic rings. The van der Waals surface area contributed by atoms with Crippen LogP contribution in [0.2, 0.25) is 0 Å². The van der Waals surface area contributed by atoms with Gasteiger partial charge >= 0.3 is 0 Å². The summed E-state index contributed by atoms with van der Waals surface area (Å²) < 4.78 is 4.36. The van der Waals surface area contributed by atoms with Crippen molar-refractivity contribution in [1.29, 1.82) is 0 Å². The summed E-state index contributed by atoms with van der Waals surface area (Å²) in [7, 11) is 1.98. The average molecular weight is 246 g/mol. The molecule has 0 unspecified atom stereocenters. The molecular weight excluding hydrogens is 224 g/mol. The van der Waals surface area contributed by atoms with E-state index in [4.69, 9.17) is 0 Å². The van der Waals surface area contributed by atoms with E-state index in [0.29, 0.717) is 0 Å². The van der Waals surface area contributed by atoms with Gasteiger partial charge in [0, 0.05) is 25.0 Å². The zero-order valence-electron chi connectivity index (χ0n) is 11.7. The smallest absolute Gasteiger partial charge is 0.0642 e. The molecule has 0 saturated carbocycles. The van der Waals surface area contributed by atoms with Crippen LogP contribution in [-0.4, -0.2) is 21.4 Å². The molecule has 0 radical (unpaired) electrons. The molecule has 0 aliphatic carbocycles. The summed E-state index contributed by atoms with van der Waals surface area (Å²) in [5.74, 6) is 0. The Morgan fingerprint density at radius 2 is 2.11 bits per heavy atom. The lowest BCUT2D eigenvalue weighted by Gasteiger charge is -2.09. The van der Waals surface area contributed by atoms with E-state index in [1.807, 2.05) is 14.0 Å². The standard InChI is InChI=1S/C14H22N4/c1-5-18-14(8-11(2)16-18)10-17-7-6-13(9-15-4)12(17)3/h6-8,15H,5,9-10H2,1-4H3. The topological polar surface area (TPSA) is 34.8 Å². The third kappa shape index (κ3) is 2.48. The van der Waals surface area contributed by atoms with E-state index in [1.165, 1.54) is 17.0 Å². The summed E-state index contributed by atoms with van der Waals surface area (Å²) in [6.45, 7) is 9.09. The van der Waals surface area contributed by atoms with Crippen molar-refractivity contribution < 1.29 is 0 Å². The molecule has 0 saturated heterocycles. The van der Waals surface area contributed by atoms with Gasteiger partial charge in [-0.25, -0.2) is 0 Å². The maximum absolute atomic E-state index is 4.49. The lowest BCUT2D eigenvalue weighted by Crippen LogP contribution is -2.10. The molecule has 2 rings (SSSR count). The fourth-order valence-corrected chi connectivity index (χ4v) is 2.32. The van der Waals surface area contributed by atoms with Gasteiger partial charge in [-0.15, -0.1) is 0 Å². The quantitative estimate of drug-likeness (QED) is 0.876. The van der Waals surface area contributed by atoms with Crippen molar-refractivity contribution in [3.63, 3.8) is 0 Å². The number of hydrogen-bond acceptors (Lipinski definition) is 2. The molecule has 18 heavy (non-hydrogen) atoms. The summed E-state index contributed by atoms with van der Waals surface area (Å²) in [5.41, 5.74) is 5.04. The molecule has 0 fully saturated rings. The van der Waals surface area contributed by atoms with Crippen molar-refractivity contribution >= 4 is 0 Å². The van der Waals surface area contributed by atoms with Crippen molar-refractivity contribution in [3.8, 4) is 0 Å². The van der Waals surface area contributed by atoms with Crippen LogP contribution in [0.25, 0.3) is 0 Å². The van der Waals surface area contributed by atoms with Crippen molar-refractivity contribution in [1.82, 2.24) is 19.7 Å². The van der Waals surface area contributed by atoms with E-state index >= 15 is 0 Å². The van der Waals surface area contributed by atoms with Gasteiger partial charge in [0.25, 0.3) is 0 Å². The molecule has 0 spiro atoms. The van der Waals surface area contributed by atoms with Gasteiger partial charge in [-0.2, -0.15) is 5.10 Å². The molecule has 2 heterocycles. The van der Waals surface area contributed by atoms with E-state index in [2.05, 4.69) is 51.8 Å². The molecule has 0 aliphatic rings. The van der Waals surface area contributed by atoms with E-state index in [1.54, 1.807) is 0 Å². The third-order valence-corrected chi connectivity index (χ3v) is 3.34. The first-order chi connectivity index (χ1) is 8.65.